The lowest BCUT2D eigenvalue weighted by Crippen LogP contribution is -2.15. The third kappa shape index (κ3) is 14.8. The molecule has 0 spiro atoms. The first-order valence-electron chi connectivity index (χ1n) is 8.42. The first kappa shape index (κ1) is 24.8. The van der Waals surface area contributed by atoms with Crippen molar-refractivity contribution in [1.82, 2.24) is 0 Å². The quantitative estimate of drug-likeness (QED) is 0.237. The van der Waals surface area contributed by atoms with Crippen LogP contribution in [0.3, 0.4) is 0 Å². The molecule has 1 fully saturated rings. The monoisotopic (exact) mass is 347 g/mol. The number of ether oxygens (including phenoxy) is 2. The maximum atomic E-state index is 10.8. The fraction of sp³-hybridized carbons (Fsp3) is 0.526. The lowest BCUT2D eigenvalue weighted by Gasteiger charge is -2.16. The van der Waals surface area contributed by atoms with Gasteiger partial charge in [0.1, 0.15) is 6.23 Å². The van der Waals surface area contributed by atoms with Crippen LogP contribution in [-0.2, 0) is 9.47 Å². The summed E-state index contributed by atoms with van der Waals surface area (Å²) >= 11 is 0. The van der Waals surface area contributed by atoms with Gasteiger partial charge in [0, 0.05) is 17.9 Å². The summed E-state index contributed by atoms with van der Waals surface area (Å²) in [6.07, 6.45) is 8.52. The Morgan fingerprint density at radius 1 is 1.40 bits per heavy atom. The lowest BCUT2D eigenvalue weighted by molar-refractivity contribution is 0.0209. The zero-order valence-electron chi connectivity index (χ0n) is 15.6. The molecule has 1 atom stereocenters. The third-order valence-electron chi connectivity index (χ3n) is 2.74. The second-order valence-electron chi connectivity index (χ2n) is 4.44. The van der Waals surface area contributed by atoms with Gasteiger partial charge in [0.25, 0.3) is 0 Å². The van der Waals surface area contributed by atoms with E-state index in [-0.39, 0.29) is 12.2 Å². The van der Waals surface area contributed by atoms with E-state index in [0.29, 0.717) is 5.56 Å². The van der Waals surface area contributed by atoms with Crippen LogP contribution in [0.25, 0.3) is 10.4 Å². The minimum absolute atomic E-state index is 0.191. The molecule has 0 unspecified atom stereocenters. The normalized spacial score (nSPS) is 14.3. The number of carbonyl (C=O) groups excluding carboxylic acids is 1. The molecule has 6 nitrogen and oxygen atoms in total. The Morgan fingerprint density at radius 2 is 2.00 bits per heavy atom. The van der Waals surface area contributed by atoms with Crippen LogP contribution in [0.2, 0.25) is 0 Å². The number of carbonyl (C=O) groups is 1. The highest BCUT2D eigenvalue weighted by Gasteiger charge is 2.10. The molecule has 1 aliphatic rings. The minimum atomic E-state index is -0.291. The largest absolute Gasteiger partial charge is 0.465 e. The van der Waals surface area contributed by atoms with Gasteiger partial charge >= 0.3 is 5.97 Å². The molecule has 0 aliphatic carbocycles. The molecule has 0 N–H and O–H groups in total. The predicted octanol–water partition coefficient (Wildman–Crippen LogP) is 5.35. The van der Waals surface area contributed by atoms with E-state index in [9.17, 15) is 4.79 Å². The fourth-order valence-corrected chi connectivity index (χ4v) is 1.56. The summed E-state index contributed by atoms with van der Waals surface area (Å²) in [6.45, 7) is 6.68. The van der Waals surface area contributed by atoms with Crippen molar-refractivity contribution in [3.05, 3.63) is 46.3 Å². The molecule has 0 saturated carbocycles. The molecule has 1 heterocycles. The highest BCUT2D eigenvalue weighted by atomic mass is 16.5. The third-order valence-corrected chi connectivity index (χ3v) is 2.74. The Hall–Kier alpha value is -2.48. The molecule has 138 valence electrons. The van der Waals surface area contributed by atoms with Gasteiger partial charge in [-0.3, -0.25) is 0 Å². The Morgan fingerprint density at radius 3 is 2.40 bits per heavy atom. The average Bonchev–Trinajstić information content (AvgIpc) is 2.71. The zero-order chi connectivity index (χ0) is 19.3. The number of rotatable bonds is 2. The number of terminal acetylenes is 1. The van der Waals surface area contributed by atoms with Crippen LogP contribution < -0.4 is 0 Å². The van der Waals surface area contributed by atoms with Crippen LogP contribution >= 0.6 is 0 Å². The molecular weight excluding hydrogens is 318 g/mol. The lowest BCUT2D eigenvalue weighted by atomic mass is 10.2. The number of azide groups is 1. The van der Waals surface area contributed by atoms with Gasteiger partial charge in [-0.25, -0.2) is 4.79 Å². The first-order chi connectivity index (χ1) is 12.2. The maximum absolute atomic E-state index is 10.8. The predicted molar refractivity (Wildman–Crippen MR) is 101 cm³/mol. The summed E-state index contributed by atoms with van der Waals surface area (Å²) in [5.41, 5.74) is 8.58. The van der Waals surface area contributed by atoms with Crippen molar-refractivity contribution in [3.8, 4) is 12.3 Å². The van der Waals surface area contributed by atoms with Crippen LogP contribution in [0.1, 0.15) is 56.8 Å². The van der Waals surface area contributed by atoms with Crippen molar-refractivity contribution in [2.24, 2.45) is 5.11 Å². The summed E-state index contributed by atoms with van der Waals surface area (Å²) in [5.74, 6) is 2.14. The molecule has 2 rings (SSSR count). The van der Waals surface area contributed by atoms with Crippen LogP contribution in [0.15, 0.2) is 35.4 Å². The van der Waals surface area contributed by atoms with Crippen molar-refractivity contribution < 1.29 is 14.3 Å². The zero-order valence-corrected chi connectivity index (χ0v) is 15.6. The number of nitrogens with zero attached hydrogens (tertiary/aromatic N) is 3. The molecule has 1 saturated heterocycles. The number of esters is 1. The Bertz CT molecular complexity index is 514. The second-order valence-corrected chi connectivity index (χ2v) is 4.44. The molecule has 0 bridgehead atoms. The van der Waals surface area contributed by atoms with Crippen LogP contribution in [0.4, 0.5) is 0 Å². The average molecular weight is 347 g/mol. The molecule has 1 aromatic carbocycles. The number of hydrogen-bond acceptors (Lipinski definition) is 4. The van der Waals surface area contributed by atoms with Crippen molar-refractivity contribution in [2.45, 2.75) is 52.7 Å². The Kier molecular flexibility index (Phi) is 19.4. The van der Waals surface area contributed by atoms with Gasteiger partial charge in [0.2, 0.25) is 0 Å². The molecule has 25 heavy (non-hydrogen) atoms. The summed E-state index contributed by atoms with van der Waals surface area (Å²) in [6, 6.07) is 8.88. The Labute approximate surface area is 151 Å². The SMILES string of the molecule is C#CCC.CC.COC(=O)c1ccccc1.[N-]=[N+]=N[C@H]1CCCCO1. The van der Waals surface area contributed by atoms with Gasteiger partial charge in [0.05, 0.1) is 12.7 Å². The maximum Gasteiger partial charge on any atom is 0.337 e. The fourth-order valence-electron chi connectivity index (χ4n) is 1.56. The van der Waals surface area contributed by atoms with Crippen LogP contribution in [-0.4, -0.2) is 25.9 Å². The van der Waals surface area contributed by atoms with Crippen LogP contribution in [0.5, 0.6) is 0 Å². The van der Waals surface area contributed by atoms with Gasteiger partial charge < -0.3 is 9.47 Å². The van der Waals surface area contributed by atoms with E-state index in [1.165, 1.54) is 7.11 Å². The molecule has 6 heteroatoms. The minimum Gasteiger partial charge on any atom is -0.465 e. The molecule has 1 aliphatic heterocycles. The first-order valence-corrected chi connectivity index (χ1v) is 8.42. The smallest absolute Gasteiger partial charge is 0.337 e. The standard InChI is InChI=1S/C8H8O2.C5H9N3O.C4H6.C2H6/c1-10-8(9)7-5-3-2-4-6-7;6-8-7-5-3-1-2-4-9-5;1-3-4-2;1-2/h2-6H,1H3;5H,1-4H2;1H,4H2,2H3;1-2H3/t;5-;;/m.1../s1. The van der Waals surface area contributed by atoms with Gasteiger partial charge in [-0.2, -0.15) is 0 Å². The van der Waals surface area contributed by atoms with Gasteiger partial charge in [-0.05, 0) is 36.9 Å². The molecule has 0 radical (unpaired) electrons. The van der Waals surface area contributed by atoms with E-state index in [4.69, 9.17) is 16.7 Å². The number of benzene rings is 1. The number of methoxy groups -OCH3 is 1. The topological polar surface area (TPSA) is 84.3 Å². The van der Waals surface area contributed by atoms with E-state index in [0.717, 1.165) is 32.3 Å². The molecular formula is C19H29N3O3. The summed E-state index contributed by atoms with van der Waals surface area (Å²) in [5, 5.41) is 3.44. The van der Waals surface area contributed by atoms with E-state index in [1.807, 2.05) is 26.8 Å². The second kappa shape index (κ2) is 19.6. The summed E-state index contributed by atoms with van der Waals surface area (Å²) in [7, 11) is 1.37. The molecule has 1 aromatic rings. The number of hydrogen-bond donors (Lipinski definition) is 0. The van der Waals surface area contributed by atoms with E-state index < -0.39 is 0 Å². The van der Waals surface area contributed by atoms with Crippen LogP contribution in [0, 0.1) is 12.3 Å². The molecule has 0 amide bonds. The van der Waals surface area contributed by atoms with E-state index >= 15 is 0 Å². The summed E-state index contributed by atoms with van der Waals surface area (Å²) in [4.78, 5) is 13.5. The van der Waals surface area contributed by atoms with Crippen molar-refractivity contribution in [3.63, 3.8) is 0 Å². The van der Waals surface area contributed by atoms with Crippen molar-refractivity contribution in [2.75, 3.05) is 13.7 Å². The van der Waals surface area contributed by atoms with E-state index in [2.05, 4.69) is 20.7 Å². The highest BCUT2D eigenvalue weighted by Crippen LogP contribution is 2.13. The summed E-state index contributed by atoms with van der Waals surface area (Å²) < 4.78 is 9.60. The highest BCUT2D eigenvalue weighted by molar-refractivity contribution is 5.89. The van der Waals surface area contributed by atoms with Crippen molar-refractivity contribution >= 4 is 5.97 Å². The van der Waals surface area contributed by atoms with E-state index in [1.54, 1.807) is 24.3 Å². The van der Waals surface area contributed by atoms with Gasteiger partial charge in [0.15, 0.2) is 0 Å². The van der Waals surface area contributed by atoms with Gasteiger partial charge in [-0.1, -0.05) is 44.1 Å². The van der Waals surface area contributed by atoms with Crippen molar-refractivity contribution in [1.29, 1.82) is 0 Å². The Balaban J connectivity index is 0. The molecule has 0 aromatic heterocycles. The van der Waals surface area contributed by atoms with Gasteiger partial charge in [-0.15, -0.1) is 12.3 Å².